The van der Waals surface area contributed by atoms with Crippen LogP contribution in [0.2, 0.25) is 10.0 Å². The predicted octanol–water partition coefficient (Wildman–Crippen LogP) is 7.57. The topological polar surface area (TPSA) is 34.4 Å². The number of benzene rings is 2. The second-order valence-electron chi connectivity index (χ2n) is 8.57. The Morgan fingerprint density at radius 2 is 1.75 bits per heavy atom. The molecule has 0 saturated carbocycles. The minimum Gasteiger partial charge on any atom is -0.346 e. The van der Waals surface area contributed by atoms with Crippen LogP contribution in [0, 0.1) is 0 Å². The van der Waals surface area contributed by atoms with Crippen LogP contribution in [0.4, 0.5) is 11.4 Å². The summed E-state index contributed by atoms with van der Waals surface area (Å²) < 4.78 is 9.87. The third-order valence-electron chi connectivity index (χ3n) is 6.46. The van der Waals surface area contributed by atoms with Crippen molar-refractivity contribution in [2.45, 2.75) is 33.1 Å². The lowest BCUT2D eigenvalue weighted by Crippen LogP contribution is -2.30. The minimum atomic E-state index is -2.46. The first-order valence-electron chi connectivity index (χ1n) is 10.9. The van der Waals surface area contributed by atoms with Crippen LogP contribution in [0.1, 0.15) is 33.3 Å². The van der Waals surface area contributed by atoms with E-state index in [1.165, 1.54) is 16.9 Å². The van der Waals surface area contributed by atoms with E-state index < -0.39 is 7.36 Å². The lowest BCUT2D eigenvalue weighted by atomic mass is 9.84. The van der Waals surface area contributed by atoms with Gasteiger partial charge < -0.3 is 4.90 Å². The molecule has 2 heterocycles. The highest BCUT2D eigenvalue weighted by atomic mass is 35.5. The zero-order valence-electron chi connectivity index (χ0n) is 19.5. The first-order chi connectivity index (χ1) is 15.2. The Labute approximate surface area is 201 Å². The summed E-state index contributed by atoms with van der Waals surface area (Å²) in [5.41, 5.74) is 4.27. The number of hydrogen-bond donors (Lipinski definition) is 0. The molecule has 0 spiro atoms. The molecule has 170 valence electrons. The second-order valence-corrected chi connectivity index (χ2v) is 12.4. The van der Waals surface area contributed by atoms with E-state index in [2.05, 4.69) is 68.6 Å². The number of para-hydroxylation sites is 1. The van der Waals surface area contributed by atoms with Crippen molar-refractivity contribution in [1.29, 1.82) is 0 Å². The van der Waals surface area contributed by atoms with Crippen molar-refractivity contribution in [2.24, 2.45) is 9.85 Å². The van der Waals surface area contributed by atoms with Gasteiger partial charge in [-0.15, -0.1) is 0 Å². The van der Waals surface area contributed by atoms with Gasteiger partial charge in [0.15, 0.2) is 7.36 Å². The molecule has 2 aliphatic rings. The summed E-state index contributed by atoms with van der Waals surface area (Å²) in [7, 11) is 1.71. The van der Waals surface area contributed by atoms with E-state index >= 15 is 0 Å². The van der Waals surface area contributed by atoms with Crippen LogP contribution < -0.4 is 4.90 Å². The maximum Gasteiger partial charge on any atom is 0.174 e. The molecule has 8 heteroatoms. The Morgan fingerprint density at radius 3 is 2.41 bits per heavy atom. The number of nitrogens with zero attached hydrogens (tertiary/aromatic N) is 5. The summed E-state index contributed by atoms with van der Waals surface area (Å²) in [5, 5.41) is 7.17. The standard InChI is InChI=1S/C24H30Cl2N5P/c1-7-31(8-2)32(28-20-15-17(25)13-14-19(20)26)22(16-27-30(32)6)23-24(3,4)18-11-9-10-12-21(18)29(23)5/h9-16H,7-8H2,1-6H3/b23-22-. The molecule has 1 atom stereocenters. The van der Waals surface area contributed by atoms with Gasteiger partial charge in [0.1, 0.15) is 0 Å². The van der Waals surface area contributed by atoms with E-state index in [4.69, 9.17) is 33.0 Å². The number of likely N-dealkylation sites (N-methyl/N-ethyl adjacent to an activating group) is 1. The van der Waals surface area contributed by atoms with E-state index in [0.717, 1.165) is 18.4 Å². The van der Waals surface area contributed by atoms with E-state index in [1.54, 1.807) is 6.07 Å². The van der Waals surface area contributed by atoms with Gasteiger partial charge in [0, 0.05) is 49.0 Å². The number of allylic oxidation sites excluding steroid dienone is 2. The molecule has 32 heavy (non-hydrogen) atoms. The summed E-state index contributed by atoms with van der Waals surface area (Å²) in [6, 6.07) is 14.1. The molecule has 0 saturated heterocycles. The van der Waals surface area contributed by atoms with Crippen molar-refractivity contribution in [3.8, 4) is 0 Å². The van der Waals surface area contributed by atoms with Crippen molar-refractivity contribution in [3.05, 3.63) is 69.1 Å². The molecule has 0 radical (unpaired) electrons. The van der Waals surface area contributed by atoms with Crippen LogP contribution in [0.5, 0.6) is 0 Å². The Morgan fingerprint density at radius 1 is 1.06 bits per heavy atom. The van der Waals surface area contributed by atoms with Gasteiger partial charge in [-0.1, -0.05) is 69.1 Å². The number of hydrazone groups is 1. The zero-order chi connectivity index (χ0) is 23.3. The van der Waals surface area contributed by atoms with Gasteiger partial charge in [-0.3, -0.25) is 0 Å². The quantitative estimate of drug-likeness (QED) is 0.415. The molecule has 0 aromatic heterocycles. The van der Waals surface area contributed by atoms with E-state index in [0.29, 0.717) is 15.7 Å². The average molecular weight is 490 g/mol. The molecule has 2 aromatic rings. The third-order valence-corrected chi connectivity index (χ3v) is 10.8. The lowest BCUT2D eigenvalue weighted by Gasteiger charge is -2.39. The van der Waals surface area contributed by atoms with Crippen molar-refractivity contribution in [2.75, 3.05) is 32.1 Å². The summed E-state index contributed by atoms with van der Waals surface area (Å²) in [4.78, 5) is 2.31. The molecule has 2 aliphatic heterocycles. The van der Waals surface area contributed by atoms with Crippen LogP contribution in [0.25, 0.3) is 0 Å². The largest absolute Gasteiger partial charge is 0.346 e. The lowest BCUT2D eigenvalue weighted by molar-refractivity contribution is 0.452. The summed E-state index contributed by atoms with van der Waals surface area (Å²) in [6.07, 6.45) is 2.01. The van der Waals surface area contributed by atoms with Crippen LogP contribution in [0.3, 0.4) is 0 Å². The summed E-state index contributed by atoms with van der Waals surface area (Å²) in [6.45, 7) is 10.6. The van der Waals surface area contributed by atoms with Crippen LogP contribution in [-0.4, -0.2) is 42.8 Å². The molecular weight excluding hydrogens is 460 g/mol. The predicted molar refractivity (Wildman–Crippen MR) is 140 cm³/mol. The van der Waals surface area contributed by atoms with Gasteiger partial charge in [-0.05, 0) is 29.8 Å². The molecule has 0 fully saturated rings. The fraction of sp³-hybridized carbons (Fsp3) is 0.375. The highest BCUT2D eigenvalue weighted by molar-refractivity contribution is 7.67. The van der Waals surface area contributed by atoms with Gasteiger partial charge in [-0.2, -0.15) is 5.10 Å². The monoisotopic (exact) mass is 489 g/mol. The fourth-order valence-corrected chi connectivity index (χ4v) is 9.05. The molecule has 5 nitrogen and oxygen atoms in total. The van der Waals surface area contributed by atoms with E-state index in [9.17, 15) is 0 Å². The molecule has 1 unspecified atom stereocenters. The van der Waals surface area contributed by atoms with Crippen molar-refractivity contribution >= 4 is 48.1 Å². The first kappa shape index (κ1) is 23.4. The maximum atomic E-state index is 6.60. The van der Waals surface area contributed by atoms with Gasteiger partial charge in [-0.25, -0.2) is 14.2 Å². The van der Waals surface area contributed by atoms with E-state index in [1.807, 2.05) is 30.2 Å². The number of halogens is 2. The first-order valence-corrected chi connectivity index (χ1v) is 13.3. The third kappa shape index (κ3) is 3.42. The normalized spacial score (nSPS) is 23.9. The van der Waals surface area contributed by atoms with Crippen LogP contribution in [0.15, 0.2) is 63.3 Å². The van der Waals surface area contributed by atoms with Gasteiger partial charge in [0.05, 0.1) is 22.2 Å². The van der Waals surface area contributed by atoms with Crippen molar-refractivity contribution < 1.29 is 0 Å². The number of fused-ring (bicyclic) bond motifs is 1. The SMILES string of the molecule is CCN(CC)P1(=Nc2cc(Cl)ccc2Cl)/C(=C2\N(C)c3ccccc3C2(C)C)C=NN1C. The number of rotatable bonds is 4. The Kier molecular flexibility index (Phi) is 6.23. The van der Waals surface area contributed by atoms with E-state index in [-0.39, 0.29) is 5.41 Å². The molecule has 0 bridgehead atoms. The summed E-state index contributed by atoms with van der Waals surface area (Å²) >= 11 is 12.9. The molecule has 2 aromatic carbocycles. The van der Waals surface area contributed by atoms with Gasteiger partial charge >= 0.3 is 0 Å². The van der Waals surface area contributed by atoms with Crippen LogP contribution in [-0.2, 0) is 5.41 Å². The minimum absolute atomic E-state index is 0.191. The molecule has 4 rings (SSSR count). The smallest absolute Gasteiger partial charge is 0.174 e. The Hall–Kier alpha value is -1.78. The van der Waals surface area contributed by atoms with Gasteiger partial charge in [0.2, 0.25) is 0 Å². The van der Waals surface area contributed by atoms with Gasteiger partial charge in [0.25, 0.3) is 0 Å². The summed E-state index contributed by atoms with van der Waals surface area (Å²) in [5.74, 6) is 0. The number of anilines is 1. The van der Waals surface area contributed by atoms with Crippen molar-refractivity contribution in [3.63, 3.8) is 0 Å². The maximum absolute atomic E-state index is 6.60. The van der Waals surface area contributed by atoms with Crippen LogP contribution >= 0.6 is 30.6 Å². The fourth-order valence-electron chi connectivity index (χ4n) is 4.95. The highest BCUT2D eigenvalue weighted by Gasteiger charge is 2.47. The average Bonchev–Trinajstić information content (AvgIpc) is 3.17. The molecule has 0 aliphatic carbocycles. The zero-order valence-corrected chi connectivity index (χ0v) is 21.9. The second kappa shape index (κ2) is 8.53. The van der Waals surface area contributed by atoms with Crippen molar-refractivity contribution in [1.82, 2.24) is 9.45 Å². The Bertz CT molecular complexity index is 1170. The number of hydrogen-bond acceptors (Lipinski definition) is 3. The molecular formula is C24H30Cl2N5P. The highest BCUT2D eigenvalue weighted by Crippen LogP contribution is 2.69. The molecule has 0 amide bonds. The molecule has 0 N–H and O–H groups in total. The Balaban J connectivity index is 2.09.